The van der Waals surface area contributed by atoms with Crippen molar-refractivity contribution in [2.45, 2.75) is 52.2 Å². The van der Waals surface area contributed by atoms with Crippen LogP contribution in [0.25, 0.3) is 0 Å². The Balaban J connectivity index is 2.18. The first-order valence-electron chi connectivity index (χ1n) is 7.09. The van der Waals surface area contributed by atoms with Gasteiger partial charge in [0.05, 0.1) is 6.10 Å². The van der Waals surface area contributed by atoms with Gasteiger partial charge in [-0.05, 0) is 46.6 Å². The van der Waals surface area contributed by atoms with Crippen molar-refractivity contribution in [2.24, 2.45) is 5.73 Å². The first-order valence-corrected chi connectivity index (χ1v) is 7.09. The van der Waals surface area contributed by atoms with Gasteiger partial charge in [0.25, 0.3) is 0 Å². The van der Waals surface area contributed by atoms with Crippen molar-refractivity contribution < 1.29 is 4.74 Å². The molecule has 0 aliphatic heterocycles. The molecule has 0 aromatic carbocycles. The van der Waals surface area contributed by atoms with E-state index >= 15 is 0 Å². The monoisotopic (exact) mass is 264 g/mol. The molecule has 1 saturated carbocycles. The van der Waals surface area contributed by atoms with E-state index < -0.39 is 0 Å². The van der Waals surface area contributed by atoms with Crippen LogP contribution in [0.3, 0.4) is 0 Å². The Labute approximate surface area is 115 Å². The minimum Gasteiger partial charge on any atom is -0.475 e. The van der Waals surface area contributed by atoms with Crippen molar-refractivity contribution in [2.75, 3.05) is 18.0 Å². The Morgan fingerprint density at radius 1 is 1.42 bits per heavy atom. The van der Waals surface area contributed by atoms with Crippen LogP contribution in [-0.2, 0) is 0 Å². The first kappa shape index (κ1) is 14.1. The van der Waals surface area contributed by atoms with Gasteiger partial charge in [-0.15, -0.1) is 0 Å². The lowest BCUT2D eigenvalue weighted by molar-refractivity contribution is 0.232. The molecule has 1 aromatic rings. The van der Waals surface area contributed by atoms with Crippen LogP contribution in [0.4, 0.5) is 5.95 Å². The molecule has 2 rings (SSSR count). The largest absolute Gasteiger partial charge is 0.475 e. The molecule has 2 N–H and O–H groups in total. The van der Waals surface area contributed by atoms with E-state index in [0.29, 0.717) is 18.5 Å². The number of nitrogens with two attached hydrogens (primary N) is 1. The number of aromatic nitrogens is 2. The summed E-state index contributed by atoms with van der Waals surface area (Å²) in [5.74, 6) is 1.45. The van der Waals surface area contributed by atoms with Gasteiger partial charge in [0.1, 0.15) is 0 Å². The summed E-state index contributed by atoms with van der Waals surface area (Å²) < 4.78 is 5.69. The van der Waals surface area contributed by atoms with Crippen molar-refractivity contribution in [3.8, 4) is 5.88 Å². The van der Waals surface area contributed by atoms with E-state index in [1.165, 1.54) is 12.8 Å². The van der Waals surface area contributed by atoms with Gasteiger partial charge in [0.15, 0.2) is 0 Å². The second kappa shape index (κ2) is 6.19. The van der Waals surface area contributed by atoms with E-state index in [1.54, 1.807) is 0 Å². The Hall–Kier alpha value is -1.36. The lowest BCUT2D eigenvalue weighted by Gasteiger charge is -2.23. The Morgan fingerprint density at radius 3 is 2.74 bits per heavy atom. The summed E-state index contributed by atoms with van der Waals surface area (Å²) in [7, 11) is 0. The zero-order valence-electron chi connectivity index (χ0n) is 12.1. The Kier molecular flexibility index (Phi) is 4.58. The average molecular weight is 264 g/mol. The van der Waals surface area contributed by atoms with E-state index in [0.717, 1.165) is 24.6 Å². The summed E-state index contributed by atoms with van der Waals surface area (Å²) in [5.41, 5.74) is 6.55. The number of anilines is 1. The predicted octanol–water partition coefficient (Wildman–Crippen LogP) is 1.89. The van der Waals surface area contributed by atoms with E-state index in [-0.39, 0.29) is 6.10 Å². The molecule has 19 heavy (non-hydrogen) atoms. The van der Waals surface area contributed by atoms with Crippen LogP contribution < -0.4 is 15.4 Å². The zero-order valence-corrected chi connectivity index (χ0v) is 12.1. The van der Waals surface area contributed by atoms with Crippen molar-refractivity contribution in [1.29, 1.82) is 0 Å². The summed E-state index contributed by atoms with van der Waals surface area (Å²) in [4.78, 5) is 11.4. The third-order valence-electron chi connectivity index (χ3n) is 3.02. The molecule has 0 unspecified atom stereocenters. The molecule has 1 aromatic heterocycles. The maximum atomic E-state index is 5.69. The fraction of sp³-hybridized carbons (Fsp3) is 0.714. The van der Waals surface area contributed by atoms with Crippen LogP contribution in [0.5, 0.6) is 5.88 Å². The molecule has 106 valence electrons. The summed E-state index contributed by atoms with van der Waals surface area (Å²) in [6, 6.07) is 2.47. The highest BCUT2D eigenvalue weighted by atomic mass is 16.5. The van der Waals surface area contributed by atoms with Gasteiger partial charge in [0.2, 0.25) is 11.8 Å². The number of aryl methyl sites for hydroxylation is 1. The van der Waals surface area contributed by atoms with Crippen molar-refractivity contribution >= 4 is 5.95 Å². The minimum absolute atomic E-state index is 0.126. The topological polar surface area (TPSA) is 64.3 Å². The third kappa shape index (κ3) is 4.06. The molecule has 5 heteroatoms. The number of hydrogen-bond acceptors (Lipinski definition) is 5. The molecular formula is C14H24N4O. The Bertz CT molecular complexity index is 418. The van der Waals surface area contributed by atoms with Crippen LogP contribution in [0.2, 0.25) is 0 Å². The second-order valence-electron chi connectivity index (χ2n) is 5.38. The standard InChI is InChI=1S/C14H24N4O/c1-10(2)19-13-9-11(3)16-14(17-13)18(8-4-7-15)12-5-6-12/h9-10,12H,4-8,15H2,1-3H3. The maximum Gasteiger partial charge on any atom is 0.229 e. The highest BCUT2D eigenvalue weighted by Crippen LogP contribution is 2.30. The SMILES string of the molecule is Cc1cc(OC(C)C)nc(N(CCCN)C2CC2)n1. The average Bonchev–Trinajstić information content (AvgIpc) is 3.12. The number of nitrogens with zero attached hydrogens (tertiary/aromatic N) is 3. The molecule has 0 spiro atoms. The maximum absolute atomic E-state index is 5.69. The van der Waals surface area contributed by atoms with E-state index in [2.05, 4.69) is 14.9 Å². The third-order valence-corrected chi connectivity index (χ3v) is 3.02. The van der Waals surface area contributed by atoms with Gasteiger partial charge in [0, 0.05) is 24.3 Å². The molecule has 0 radical (unpaired) electrons. The van der Waals surface area contributed by atoms with Gasteiger partial charge in [-0.3, -0.25) is 0 Å². The fourth-order valence-corrected chi connectivity index (χ4v) is 2.05. The predicted molar refractivity (Wildman–Crippen MR) is 76.6 cm³/mol. The Morgan fingerprint density at radius 2 is 2.16 bits per heavy atom. The summed E-state index contributed by atoms with van der Waals surface area (Å²) in [5, 5.41) is 0. The lowest BCUT2D eigenvalue weighted by atomic mass is 10.3. The molecule has 0 atom stereocenters. The normalized spacial score (nSPS) is 14.8. The van der Waals surface area contributed by atoms with Crippen LogP contribution in [-0.4, -0.2) is 35.2 Å². The highest BCUT2D eigenvalue weighted by Gasteiger charge is 2.30. The molecule has 1 heterocycles. The van der Waals surface area contributed by atoms with Crippen LogP contribution in [0.15, 0.2) is 6.07 Å². The van der Waals surface area contributed by atoms with Gasteiger partial charge in [-0.1, -0.05) is 0 Å². The number of rotatable bonds is 7. The minimum atomic E-state index is 0.126. The van der Waals surface area contributed by atoms with Crippen LogP contribution in [0.1, 0.15) is 38.8 Å². The van der Waals surface area contributed by atoms with E-state index in [1.807, 2.05) is 26.8 Å². The van der Waals surface area contributed by atoms with Gasteiger partial charge in [-0.2, -0.15) is 4.98 Å². The fourth-order valence-electron chi connectivity index (χ4n) is 2.05. The molecule has 1 fully saturated rings. The van der Waals surface area contributed by atoms with Crippen LogP contribution >= 0.6 is 0 Å². The van der Waals surface area contributed by atoms with Crippen molar-refractivity contribution in [3.05, 3.63) is 11.8 Å². The molecule has 0 amide bonds. The molecule has 1 aliphatic rings. The van der Waals surface area contributed by atoms with Gasteiger partial charge < -0.3 is 15.4 Å². The summed E-state index contributed by atoms with van der Waals surface area (Å²) in [6.07, 6.45) is 3.54. The summed E-state index contributed by atoms with van der Waals surface area (Å²) in [6.45, 7) is 7.61. The molecule has 0 saturated heterocycles. The van der Waals surface area contributed by atoms with E-state index in [9.17, 15) is 0 Å². The number of ether oxygens (including phenoxy) is 1. The zero-order chi connectivity index (χ0) is 13.8. The van der Waals surface area contributed by atoms with Crippen molar-refractivity contribution in [1.82, 2.24) is 9.97 Å². The lowest BCUT2D eigenvalue weighted by Crippen LogP contribution is -2.30. The highest BCUT2D eigenvalue weighted by molar-refractivity contribution is 5.37. The molecule has 0 bridgehead atoms. The number of hydrogen-bond donors (Lipinski definition) is 1. The first-order chi connectivity index (χ1) is 9.10. The quantitative estimate of drug-likeness (QED) is 0.814. The smallest absolute Gasteiger partial charge is 0.229 e. The van der Waals surface area contributed by atoms with Crippen molar-refractivity contribution in [3.63, 3.8) is 0 Å². The molecule has 1 aliphatic carbocycles. The van der Waals surface area contributed by atoms with Crippen LogP contribution in [0, 0.1) is 6.92 Å². The summed E-state index contributed by atoms with van der Waals surface area (Å²) >= 11 is 0. The second-order valence-corrected chi connectivity index (χ2v) is 5.38. The van der Waals surface area contributed by atoms with E-state index in [4.69, 9.17) is 10.5 Å². The van der Waals surface area contributed by atoms with Gasteiger partial charge >= 0.3 is 0 Å². The molecule has 5 nitrogen and oxygen atoms in total. The molecular weight excluding hydrogens is 240 g/mol. The van der Waals surface area contributed by atoms with Gasteiger partial charge in [-0.25, -0.2) is 4.98 Å².